The molecule has 1 heterocycles. The number of amides is 2. The summed E-state index contributed by atoms with van der Waals surface area (Å²) in [5.41, 5.74) is 0.791. The predicted octanol–water partition coefficient (Wildman–Crippen LogP) is 7.04. The maximum absolute atomic E-state index is 12.4. The molecule has 2 amide bonds. The van der Waals surface area contributed by atoms with Crippen LogP contribution in [0.3, 0.4) is 0 Å². The second kappa shape index (κ2) is 27.8. The Kier molecular flexibility index (Phi) is 25.3. The van der Waals surface area contributed by atoms with E-state index in [9.17, 15) is 14.4 Å². The molecule has 1 rings (SSSR count). The maximum Gasteiger partial charge on any atom is 0.223 e. The molecule has 7 heteroatoms. The number of nitrogens with zero attached hydrogens (tertiary/aromatic N) is 1. The second-order valence-corrected chi connectivity index (χ2v) is 9.03. The molecule has 0 saturated heterocycles. The van der Waals surface area contributed by atoms with E-state index in [2.05, 4.69) is 81.4 Å². The van der Waals surface area contributed by atoms with E-state index in [1.165, 1.54) is 0 Å². The third-order valence-electron chi connectivity index (χ3n) is 5.61. The van der Waals surface area contributed by atoms with Gasteiger partial charge >= 0.3 is 0 Å². The van der Waals surface area contributed by atoms with Gasteiger partial charge in [0.2, 0.25) is 11.8 Å². The molecular weight excluding hydrogens is 512 g/mol. The summed E-state index contributed by atoms with van der Waals surface area (Å²) < 4.78 is 0. The molecule has 0 fully saturated rings. The highest BCUT2D eigenvalue weighted by Crippen LogP contribution is 2.04. The first-order chi connectivity index (χ1) is 20.1. The van der Waals surface area contributed by atoms with E-state index in [0.29, 0.717) is 12.8 Å². The number of hydrogen-bond acceptors (Lipinski definition) is 4. The highest BCUT2D eigenvalue weighted by atomic mass is 16.2. The third kappa shape index (κ3) is 22.7. The van der Waals surface area contributed by atoms with E-state index < -0.39 is 6.04 Å². The van der Waals surface area contributed by atoms with Crippen LogP contribution in [0.25, 0.3) is 0 Å². The van der Waals surface area contributed by atoms with Crippen molar-refractivity contribution in [3.63, 3.8) is 0 Å². The Balaban J connectivity index is 0.00000781. The number of carbonyl (C=O) groups is 3. The van der Waals surface area contributed by atoms with Crippen LogP contribution in [0.1, 0.15) is 91.2 Å². The number of ketones is 1. The minimum atomic E-state index is -0.595. The van der Waals surface area contributed by atoms with Gasteiger partial charge in [-0.15, -0.1) is 0 Å². The van der Waals surface area contributed by atoms with Crippen molar-refractivity contribution in [3.8, 4) is 0 Å². The number of H-pyrrole nitrogens is 1. The molecule has 0 aromatic carbocycles. The number of allylic oxidation sites excluding steroid dienone is 11. The number of nitrogens with one attached hydrogen (secondary N) is 3. The van der Waals surface area contributed by atoms with E-state index in [0.717, 1.165) is 44.2 Å². The van der Waals surface area contributed by atoms with Gasteiger partial charge in [0.05, 0.1) is 12.4 Å². The first-order valence-corrected chi connectivity index (χ1v) is 15.0. The fourth-order valence-corrected chi connectivity index (χ4v) is 3.52. The van der Waals surface area contributed by atoms with Crippen LogP contribution in [-0.2, 0) is 20.8 Å². The Labute approximate surface area is 248 Å². The van der Waals surface area contributed by atoms with Gasteiger partial charge in [-0.2, -0.15) is 0 Å². The second-order valence-electron chi connectivity index (χ2n) is 9.03. The lowest BCUT2D eigenvalue weighted by Gasteiger charge is -2.17. The summed E-state index contributed by atoms with van der Waals surface area (Å²) in [4.78, 5) is 43.6. The fourth-order valence-electron chi connectivity index (χ4n) is 3.52. The number of carbonyl (C=O) groups excluding carboxylic acids is 3. The molecule has 41 heavy (non-hydrogen) atoms. The van der Waals surface area contributed by atoms with Crippen LogP contribution in [-0.4, -0.2) is 40.2 Å². The van der Waals surface area contributed by atoms with Gasteiger partial charge in [0.1, 0.15) is 0 Å². The van der Waals surface area contributed by atoms with Gasteiger partial charge in [-0.3, -0.25) is 14.4 Å². The zero-order valence-corrected chi connectivity index (χ0v) is 25.6. The molecule has 0 radical (unpaired) electrons. The smallest absolute Gasteiger partial charge is 0.223 e. The van der Waals surface area contributed by atoms with Gasteiger partial charge in [-0.05, 0) is 45.4 Å². The zero-order chi connectivity index (χ0) is 30.4. The van der Waals surface area contributed by atoms with E-state index in [-0.39, 0.29) is 37.0 Å². The SMILES string of the molecule is C/C=C\C/C=C\C/C=C\C/C=C\C/C=C\C/C=C\CC(=O)NCCC(=O)N[C@@H](Cc1cnc[nH]1)C(=O)CCC.CC. The average molecular weight is 565 g/mol. The van der Waals surface area contributed by atoms with Gasteiger partial charge in [0.15, 0.2) is 5.78 Å². The predicted molar refractivity (Wildman–Crippen MR) is 171 cm³/mol. The van der Waals surface area contributed by atoms with Crippen molar-refractivity contribution < 1.29 is 14.4 Å². The molecule has 0 aliphatic carbocycles. The molecule has 0 bridgehead atoms. The van der Waals surface area contributed by atoms with Crippen LogP contribution in [0.4, 0.5) is 0 Å². The summed E-state index contributed by atoms with van der Waals surface area (Å²) in [6, 6.07) is -0.595. The molecular formula is C34H52N4O3. The summed E-state index contributed by atoms with van der Waals surface area (Å²) in [7, 11) is 0. The summed E-state index contributed by atoms with van der Waals surface area (Å²) in [5.74, 6) is -0.405. The summed E-state index contributed by atoms with van der Waals surface area (Å²) in [5, 5.41) is 5.55. The van der Waals surface area contributed by atoms with Crippen LogP contribution in [0, 0.1) is 0 Å². The van der Waals surface area contributed by atoms with E-state index in [4.69, 9.17) is 0 Å². The van der Waals surface area contributed by atoms with E-state index >= 15 is 0 Å². The molecule has 226 valence electrons. The third-order valence-corrected chi connectivity index (χ3v) is 5.61. The highest BCUT2D eigenvalue weighted by molar-refractivity contribution is 5.89. The largest absolute Gasteiger partial charge is 0.355 e. The van der Waals surface area contributed by atoms with Gasteiger partial charge in [0, 0.05) is 44.1 Å². The van der Waals surface area contributed by atoms with Crippen molar-refractivity contribution in [2.75, 3.05) is 6.54 Å². The van der Waals surface area contributed by atoms with Crippen molar-refractivity contribution in [1.29, 1.82) is 0 Å². The quantitative estimate of drug-likeness (QED) is 0.139. The number of aromatic nitrogens is 2. The lowest BCUT2D eigenvalue weighted by molar-refractivity contribution is -0.128. The molecule has 7 nitrogen and oxygen atoms in total. The van der Waals surface area contributed by atoms with Crippen molar-refractivity contribution >= 4 is 17.6 Å². The van der Waals surface area contributed by atoms with E-state index in [1.54, 1.807) is 12.5 Å². The molecule has 0 aliphatic heterocycles. The standard InChI is InChI=1S/C32H46N4O3.C2H6/c1-3-5-6-7-8-9-10-11-12-13-14-15-16-17-18-19-20-22-31(38)34-24-23-32(39)36-29(30(37)21-4-2)25-28-26-33-27-35-28;1-2/h3,5,7-8,10-11,13-14,16-17,19-20,26-27,29H,4,6,9,12,15,18,21-25H2,1-2H3,(H,33,35)(H,34,38)(H,36,39);1-2H3/b5-3-,8-7-,11-10-,14-13-,17-16-,20-19-;/t29-;/m0./s1. The van der Waals surface area contributed by atoms with Gasteiger partial charge in [0.25, 0.3) is 0 Å². The van der Waals surface area contributed by atoms with Gasteiger partial charge in [-0.25, -0.2) is 4.98 Å². The molecule has 0 spiro atoms. The Morgan fingerprint density at radius 3 is 1.83 bits per heavy atom. The zero-order valence-electron chi connectivity index (χ0n) is 25.6. The highest BCUT2D eigenvalue weighted by Gasteiger charge is 2.20. The summed E-state index contributed by atoms with van der Waals surface area (Å²) in [6.45, 7) is 8.19. The molecule has 1 aromatic heterocycles. The van der Waals surface area contributed by atoms with E-state index in [1.807, 2.05) is 39.8 Å². The minimum absolute atomic E-state index is 0.00754. The van der Waals surface area contributed by atoms with Crippen LogP contribution >= 0.6 is 0 Å². The molecule has 3 N–H and O–H groups in total. The maximum atomic E-state index is 12.4. The molecule has 0 saturated carbocycles. The Hall–Kier alpha value is -3.74. The number of imidazole rings is 1. The van der Waals surface area contributed by atoms with Crippen LogP contribution in [0.2, 0.25) is 0 Å². The topological polar surface area (TPSA) is 104 Å². The van der Waals surface area contributed by atoms with Gasteiger partial charge in [-0.1, -0.05) is 93.7 Å². The fraction of sp³-hybridized carbons (Fsp3) is 0.471. The van der Waals surface area contributed by atoms with Crippen molar-refractivity contribution in [2.45, 2.75) is 97.9 Å². The number of aromatic amines is 1. The van der Waals surface area contributed by atoms with Gasteiger partial charge < -0.3 is 15.6 Å². The molecule has 1 aromatic rings. The molecule has 0 aliphatic rings. The lowest BCUT2D eigenvalue weighted by atomic mass is 10.0. The van der Waals surface area contributed by atoms with Crippen molar-refractivity contribution in [1.82, 2.24) is 20.6 Å². The van der Waals surface area contributed by atoms with Crippen LogP contribution in [0.15, 0.2) is 85.4 Å². The molecule has 1 atom stereocenters. The van der Waals surface area contributed by atoms with Crippen LogP contribution in [0.5, 0.6) is 0 Å². The summed E-state index contributed by atoms with van der Waals surface area (Å²) >= 11 is 0. The Morgan fingerprint density at radius 2 is 1.34 bits per heavy atom. The first kappa shape index (κ1) is 37.3. The monoisotopic (exact) mass is 564 g/mol. The number of hydrogen-bond donors (Lipinski definition) is 3. The minimum Gasteiger partial charge on any atom is -0.355 e. The Bertz CT molecular complexity index is 986. The van der Waals surface area contributed by atoms with Crippen molar-refractivity contribution in [3.05, 3.63) is 91.1 Å². The number of rotatable bonds is 21. The summed E-state index contributed by atoms with van der Waals surface area (Å²) in [6.07, 6.45) is 34.8. The Morgan fingerprint density at radius 1 is 0.805 bits per heavy atom. The molecule has 0 unspecified atom stereocenters. The number of Topliss-reactive ketones (excluding diaryl/α,β-unsaturated/α-hetero) is 1. The lowest BCUT2D eigenvalue weighted by Crippen LogP contribution is -2.43. The first-order valence-electron chi connectivity index (χ1n) is 15.0. The van der Waals surface area contributed by atoms with Crippen molar-refractivity contribution in [2.24, 2.45) is 0 Å². The average Bonchev–Trinajstić information content (AvgIpc) is 3.49. The normalized spacial score (nSPS) is 12.6. The van der Waals surface area contributed by atoms with Crippen LogP contribution < -0.4 is 10.6 Å².